The van der Waals surface area contributed by atoms with Crippen molar-refractivity contribution in [1.82, 2.24) is 5.32 Å². The van der Waals surface area contributed by atoms with Gasteiger partial charge in [-0.2, -0.15) is 0 Å². The highest BCUT2D eigenvalue weighted by Gasteiger charge is 2.18. The van der Waals surface area contributed by atoms with E-state index in [0.29, 0.717) is 6.42 Å². The standard InChI is InChI=1S/C16H16F2N2O/c1-2-15(10-6-4-3-5-7-10)20-16(21)11-8-12(17)13(18)9-14(11)19/h3-9,15H,2,19H2,1H3,(H,20,21). The van der Waals surface area contributed by atoms with Crippen LogP contribution in [0.15, 0.2) is 42.5 Å². The van der Waals surface area contributed by atoms with E-state index in [1.165, 1.54) is 0 Å². The molecule has 3 N–H and O–H groups in total. The zero-order valence-corrected chi connectivity index (χ0v) is 11.6. The van der Waals surface area contributed by atoms with Crippen molar-refractivity contribution in [2.75, 3.05) is 5.73 Å². The molecule has 0 aliphatic carbocycles. The van der Waals surface area contributed by atoms with Gasteiger partial charge in [0.05, 0.1) is 11.6 Å². The predicted molar refractivity (Wildman–Crippen MR) is 77.7 cm³/mol. The number of nitrogens with two attached hydrogens (primary N) is 1. The summed E-state index contributed by atoms with van der Waals surface area (Å²) in [6.45, 7) is 1.92. The van der Waals surface area contributed by atoms with Crippen LogP contribution in [0.2, 0.25) is 0 Å². The number of rotatable bonds is 4. The number of carbonyl (C=O) groups is 1. The molecule has 0 bridgehead atoms. The average molecular weight is 290 g/mol. The predicted octanol–water partition coefficient (Wildman–Crippen LogP) is 3.43. The quantitative estimate of drug-likeness (QED) is 0.848. The summed E-state index contributed by atoms with van der Waals surface area (Å²) in [5.74, 6) is -2.69. The number of nitrogens with one attached hydrogen (secondary N) is 1. The second-order valence-corrected chi connectivity index (χ2v) is 4.70. The van der Waals surface area contributed by atoms with Crippen LogP contribution in [-0.4, -0.2) is 5.91 Å². The van der Waals surface area contributed by atoms with Crippen molar-refractivity contribution in [3.63, 3.8) is 0 Å². The second-order valence-electron chi connectivity index (χ2n) is 4.70. The first kappa shape index (κ1) is 15.0. The lowest BCUT2D eigenvalue weighted by Crippen LogP contribution is -2.29. The van der Waals surface area contributed by atoms with Gasteiger partial charge in [0.2, 0.25) is 0 Å². The molecule has 5 heteroatoms. The molecule has 1 unspecified atom stereocenters. The number of benzene rings is 2. The van der Waals surface area contributed by atoms with Crippen LogP contribution in [0.1, 0.15) is 35.3 Å². The molecule has 0 aromatic heterocycles. The molecule has 0 heterocycles. The van der Waals surface area contributed by atoms with Gasteiger partial charge in [0.15, 0.2) is 11.6 Å². The third kappa shape index (κ3) is 3.37. The summed E-state index contributed by atoms with van der Waals surface area (Å²) in [6.07, 6.45) is 0.666. The van der Waals surface area contributed by atoms with Crippen LogP contribution in [0.25, 0.3) is 0 Å². The van der Waals surface area contributed by atoms with Crippen molar-refractivity contribution in [2.24, 2.45) is 0 Å². The van der Waals surface area contributed by atoms with E-state index in [4.69, 9.17) is 5.73 Å². The Morgan fingerprint density at radius 2 is 1.81 bits per heavy atom. The van der Waals surface area contributed by atoms with Crippen LogP contribution < -0.4 is 11.1 Å². The summed E-state index contributed by atoms with van der Waals surface area (Å²) in [5, 5.41) is 2.78. The lowest BCUT2D eigenvalue weighted by molar-refractivity contribution is 0.0936. The van der Waals surface area contributed by atoms with Crippen LogP contribution in [-0.2, 0) is 0 Å². The molecule has 0 saturated heterocycles. The highest BCUT2D eigenvalue weighted by atomic mass is 19.2. The summed E-state index contributed by atoms with van der Waals surface area (Å²) in [5.41, 5.74) is 6.36. The van der Waals surface area contributed by atoms with Crippen molar-refractivity contribution < 1.29 is 13.6 Å². The lowest BCUT2D eigenvalue weighted by Gasteiger charge is -2.18. The zero-order valence-electron chi connectivity index (χ0n) is 11.6. The Balaban J connectivity index is 2.23. The average Bonchev–Trinajstić information content (AvgIpc) is 2.49. The fourth-order valence-electron chi connectivity index (χ4n) is 2.10. The maximum atomic E-state index is 13.3. The van der Waals surface area contributed by atoms with Gasteiger partial charge in [-0.25, -0.2) is 8.78 Å². The van der Waals surface area contributed by atoms with Gasteiger partial charge in [0.25, 0.3) is 5.91 Å². The van der Waals surface area contributed by atoms with Crippen LogP contribution in [0.5, 0.6) is 0 Å². The van der Waals surface area contributed by atoms with Crippen molar-refractivity contribution >= 4 is 11.6 Å². The Bertz CT molecular complexity index is 644. The molecule has 1 amide bonds. The summed E-state index contributed by atoms with van der Waals surface area (Å²) in [7, 11) is 0. The van der Waals surface area contributed by atoms with Gasteiger partial charge in [0, 0.05) is 11.8 Å². The number of nitrogen functional groups attached to an aromatic ring is 1. The molecular formula is C16H16F2N2O. The Morgan fingerprint density at radius 1 is 1.19 bits per heavy atom. The number of hydrogen-bond donors (Lipinski definition) is 2. The van der Waals surface area contributed by atoms with Crippen molar-refractivity contribution in [3.8, 4) is 0 Å². The van der Waals surface area contributed by atoms with E-state index in [2.05, 4.69) is 5.32 Å². The molecule has 3 nitrogen and oxygen atoms in total. The van der Waals surface area contributed by atoms with Crippen LogP contribution in [0.3, 0.4) is 0 Å². The summed E-state index contributed by atoms with van der Waals surface area (Å²) < 4.78 is 26.3. The van der Waals surface area contributed by atoms with E-state index in [0.717, 1.165) is 17.7 Å². The van der Waals surface area contributed by atoms with Crippen LogP contribution in [0, 0.1) is 11.6 Å². The van der Waals surface area contributed by atoms with E-state index in [9.17, 15) is 13.6 Å². The molecule has 2 aromatic carbocycles. The van der Waals surface area contributed by atoms with E-state index < -0.39 is 17.5 Å². The third-order valence-electron chi connectivity index (χ3n) is 3.25. The van der Waals surface area contributed by atoms with Crippen molar-refractivity contribution in [2.45, 2.75) is 19.4 Å². The molecule has 2 aromatic rings. The molecule has 0 spiro atoms. The SMILES string of the molecule is CCC(NC(=O)c1cc(F)c(F)cc1N)c1ccccc1. The highest BCUT2D eigenvalue weighted by Crippen LogP contribution is 2.20. The van der Waals surface area contributed by atoms with Crippen LogP contribution in [0.4, 0.5) is 14.5 Å². The number of amides is 1. The number of carbonyl (C=O) groups excluding carboxylic acids is 1. The van der Waals surface area contributed by atoms with Gasteiger partial charge in [-0.05, 0) is 18.1 Å². The Kier molecular flexibility index (Phi) is 4.52. The Hall–Kier alpha value is -2.43. The highest BCUT2D eigenvalue weighted by molar-refractivity contribution is 5.99. The molecule has 21 heavy (non-hydrogen) atoms. The van der Waals surface area contributed by atoms with Gasteiger partial charge >= 0.3 is 0 Å². The number of anilines is 1. The molecule has 0 saturated carbocycles. The van der Waals surface area contributed by atoms with Gasteiger partial charge < -0.3 is 11.1 Å². The third-order valence-corrected chi connectivity index (χ3v) is 3.25. The molecule has 0 fully saturated rings. The van der Waals surface area contributed by atoms with E-state index >= 15 is 0 Å². The molecule has 0 aliphatic rings. The Morgan fingerprint density at radius 3 is 2.43 bits per heavy atom. The van der Waals surface area contributed by atoms with E-state index in [1.807, 2.05) is 37.3 Å². The summed E-state index contributed by atoms with van der Waals surface area (Å²) >= 11 is 0. The maximum Gasteiger partial charge on any atom is 0.253 e. The summed E-state index contributed by atoms with van der Waals surface area (Å²) in [4.78, 5) is 12.2. The summed E-state index contributed by atoms with van der Waals surface area (Å²) in [6, 6.07) is 10.8. The molecule has 0 radical (unpaired) electrons. The first-order valence-electron chi connectivity index (χ1n) is 6.63. The fraction of sp³-hybridized carbons (Fsp3) is 0.188. The van der Waals surface area contributed by atoms with Crippen molar-refractivity contribution in [3.05, 3.63) is 65.2 Å². The zero-order chi connectivity index (χ0) is 15.4. The molecular weight excluding hydrogens is 274 g/mol. The van der Waals surface area contributed by atoms with Crippen molar-refractivity contribution in [1.29, 1.82) is 0 Å². The molecule has 0 aliphatic heterocycles. The molecule has 1 atom stereocenters. The fourth-order valence-corrected chi connectivity index (χ4v) is 2.10. The number of hydrogen-bond acceptors (Lipinski definition) is 2. The molecule has 2 rings (SSSR count). The first-order chi connectivity index (χ1) is 10.0. The smallest absolute Gasteiger partial charge is 0.253 e. The molecule has 110 valence electrons. The largest absolute Gasteiger partial charge is 0.398 e. The van der Waals surface area contributed by atoms with Gasteiger partial charge in [-0.15, -0.1) is 0 Å². The normalized spacial score (nSPS) is 12.0. The van der Waals surface area contributed by atoms with Gasteiger partial charge in [0.1, 0.15) is 0 Å². The maximum absolute atomic E-state index is 13.3. The van der Waals surface area contributed by atoms with Gasteiger partial charge in [-0.3, -0.25) is 4.79 Å². The van der Waals surface area contributed by atoms with Gasteiger partial charge in [-0.1, -0.05) is 37.3 Å². The van der Waals surface area contributed by atoms with Crippen LogP contribution >= 0.6 is 0 Å². The topological polar surface area (TPSA) is 55.1 Å². The lowest BCUT2D eigenvalue weighted by atomic mass is 10.0. The van der Waals surface area contributed by atoms with E-state index in [-0.39, 0.29) is 17.3 Å². The second kappa shape index (κ2) is 6.35. The van der Waals surface area contributed by atoms with E-state index in [1.54, 1.807) is 0 Å². The minimum atomic E-state index is -1.10. The number of halogens is 2. The Labute approximate surface area is 121 Å². The minimum absolute atomic E-state index is 0.0664. The monoisotopic (exact) mass is 290 g/mol. The first-order valence-corrected chi connectivity index (χ1v) is 6.63. The minimum Gasteiger partial charge on any atom is -0.398 e.